The molecule has 5 nitrogen and oxygen atoms in total. The van der Waals surface area contributed by atoms with Crippen LogP contribution in [0.15, 0.2) is 54.7 Å². The topological polar surface area (TPSA) is 55.6 Å². The first-order valence-corrected chi connectivity index (χ1v) is 8.59. The molecule has 0 aliphatic carbocycles. The summed E-state index contributed by atoms with van der Waals surface area (Å²) in [5, 5.41) is 3.28. The van der Waals surface area contributed by atoms with E-state index < -0.39 is 5.54 Å². The summed E-state index contributed by atoms with van der Waals surface area (Å²) in [5.41, 5.74) is 2.01. The zero-order valence-corrected chi connectivity index (χ0v) is 14.2. The van der Waals surface area contributed by atoms with E-state index in [1.54, 1.807) is 0 Å². The normalized spacial score (nSPS) is 16.7. The van der Waals surface area contributed by atoms with Crippen molar-refractivity contribution >= 4 is 11.4 Å². The number of carbonyl (C=O) groups is 1. The number of nitrogens with zero attached hydrogens (tertiary/aromatic N) is 2. The molecule has 1 saturated heterocycles. The molecule has 5 heteroatoms. The van der Waals surface area contributed by atoms with E-state index in [0.717, 1.165) is 29.7 Å². The molecule has 4 rings (SSSR count). The van der Waals surface area contributed by atoms with Crippen LogP contribution in [0.4, 0.5) is 0 Å². The van der Waals surface area contributed by atoms with Crippen LogP contribution < -0.4 is 5.32 Å². The molecule has 1 fully saturated rings. The Bertz CT molecular complexity index is 896. The maximum atomic E-state index is 13.1. The first-order chi connectivity index (χ1) is 12.2. The fraction of sp³-hybridized carbons (Fsp3) is 0.300. The summed E-state index contributed by atoms with van der Waals surface area (Å²) in [6.07, 6.45) is 3.44. The maximum absolute atomic E-state index is 13.1. The summed E-state index contributed by atoms with van der Waals surface area (Å²) in [5.74, 6) is 0.670. The molecule has 2 aromatic heterocycles. The molecule has 1 aromatic carbocycles. The summed E-state index contributed by atoms with van der Waals surface area (Å²) in [6, 6.07) is 15.9. The average Bonchev–Trinajstić information content (AvgIpc) is 3.01. The predicted octanol–water partition coefficient (Wildman–Crippen LogP) is 3.08. The highest BCUT2D eigenvalue weighted by Gasteiger charge is 2.36. The fourth-order valence-corrected chi connectivity index (χ4v) is 3.60. The summed E-state index contributed by atoms with van der Waals surface area (Å²) in [4.78, 5) is 17.6. The number of benzene rings is 1. The molecule has 3 aromatic rings. The number of nitrogens with one attached hydrogen (secondary N) is 1. The van der Waals surface area contributed by atoms with Gasteiger partial charge in [-0.05, 0) is 37.5 Å². The lowest BCUT2D eigenvalue weighted by atomic mass is 9.82. The molecule has 128 valence electrons. The number of imidazole rings is 1. The van der Waals surface area contributed by atoms with E-state index in [0.29, 0.717) is 18.9 Å². The highest BCUT2D eigenvalue weighted by molar-refractivity contribution is 5.99. The van der Waals surface area contributed by atoms with Gasteiger partial charge in [0.15, 0.2) is 5.69 Å². The Hall–Kier alpha value is -2.66. The van der Waals surface area contributed by atoms with Crippen molar-refractivity contribution in [1.29, 1.82) is 0 Å². The summed E-state index contributed by atoms with van der Waals surface area (Å²) in [7, 11) is 0. The minimum atomic E-state index is -0.408. The second-order valence-electron chi connectivity index (χ2n) is 6.48. The van der Waals surface area contributed by atoms with Gasteiger partial charge in [-0.1, -0.05) is 36.4 Å². The Morgan fingerprint density at radius 1 is 1.12 bits per heavy atom. The van der Waals surface area contributed by atoms with Crippen molar-refractivity contribution in [3.63, 3.8) is 0 Å². The van der Waals surface area contributed by atoms with Crippen molar-refractivity contribution < 1.29 is 9.53 Å². The van der Waals surface area contributed by atoms with Gasteiger partial charge in [-0.3, -0.25) is 4.79 Å². The first-order valence-electron chi connectivity index (χ1n) is 8.59. The van der Waals surface area contributed by atoms with Gasteiger partial charge in [0.25, 0.3) is 5.91 Å². The number of rotatable bonds is 3. The highest BCUT2D eigenvalue weighted by atomic mass is 16.5. The van der Waals surface area contributed by atoms with Crippen LogP contribution in [0, 0.1) is 6.92 Å². The standard InChI is InChI=1S/C20H21N3O2/c1-15-21-18(17-9-5-6-12-23(15)17)19(24)22-20(10-13-25-14-11-20)16-7-3-2-4-8-16/h2-9,12H,10-11,13-14H2,1H3,(H,22,24). The van der Waals surface area contributed by atoms with Gasteiger partial charge >= 0.3 is 0 Å². The second kappa shape index (κ2) is 6.33. The van der Waals surface area contributed by atoms with E-state index in [4.69, 9.17) is 4.74 Å². The molecular formula is C20H21N3O2. The summed E-state index contributed by atoms with van der Waals surface area (Å²) in [6.45, 7) is 3.18. The third-order valence-electron chi connectivity index (χ3n) is 4.97. The third-order valence-corrected chi connectivity index (χ3v) is 4.97. The van der Waals surface area contributed by atoms with Crippen LogP contribution in [0.2, 0.25) is 0 Å². The van der Waals surface area contributed by atoms with Gasteiger partial charge in [-0.15, -0.1) is 0 Å². The molecule has 0 saturated carbocycles. The molecule has 0 bridgehead atoms. The lowest BCUT2D eigenvalue weighted by molar-refractivity contribution is 0.0344. The van der Waals surface area contributed by atoms with Crippen LogP contribution in [0.25, 0.3) is 5.52 Å². The van der Waals surface area contributed by atoms with Crippen LogP contribution in [0.5, 0.6) is 0 Å². The maximum Gasteiger partial charge on any atom is 0.272 e. The first kappa shape index (κ1) is 15.8. The Morgan fingerprint density at radius 3 is 2.60 bits per heavy atom. The summed E-state index contributed by atoms with van der Waals surface area (Å²) < 4.78 is 7.48. The van der Waals surface area contributed by atoms with Crippen LogP contribution in [-0.4, -0.2) is 28.5 Å². The number of carbonyl (C=O) groups excluding carboxylic acids is 1. The molecule has 1 aliphatic rings. The Morgan fingerprint density at radius 2 is 1.84 bits per heavy atom. The Kier molecular flexibility index (Phi) is 4.01. The van der Waals surface area contributed by atoms with Crippen LogP contribution in [0.3, 0.4) is 0 Å². The van der Waals surface area contributed by atoms with Gasteiger partial charge in [0.2, 0.25) is 0 Å². The summed E-state index contributed by atoms with van der Waals surface area (Å²) >= 11 is 0. The van der Waals surface area contributed by atoms with Crippen molar-refractivity contribution in [2.75, 3.05) is 13.2 Å². The van der Waals surface area contributed by atoms with Crippen molar-refractivity contribution in [2.45, 2.75) is 25.3 Å². The molecule has 1 N–H and O–H groups in total. The number of aryl methyl sites for hydroxylation is 1. The van der Waals surface area contributed by atoms with E-state index >= 15 is 0 Å². The molecule has 1 amide bonds. The van der Waals surface area contributed by atoms with E-state index in [1.807, 2.05) is 53.9 Å². The average molecular weight is 335 g/mol. The molecule has 0 radical (unpaired) electrons. The quantitative estimate of drug-likeness (QED) is 0.800. The Balaban J connectivity index is 1.71. The van der Waals surface area contributed by atoms with Crippen molar-refractivity contribution in [3.05, 3.63) is 71.8 Å². The number of pyridine rings is 1. The van der Waals surface area contributed by atoms with Gasteiger partial charge in [0, 0.05) is 19.4 Å². The number of aromatic nitrogens is 2. The van der Waals surface area contributed by atoms with Gasteiger partial charge in [-0.2, -0.15) is 0 Å². The van der Waals surface area contributed by atoms with Crippen LogP contribution >= 0.6 is 0 Å². The predicted molar refractivity (Wildman–Crippen MR) is 95.6 cm³/mol. The van der Waals surface area contributed by atoms with Gasteiger partial charge in [0.05, 0.1) is 11.1 Å². The second-order valence-corrected chi connectivity index (χ2v) is 6.48. The van der Waals surface area contributed by atoms with Crippen molar-refractivity contribution in [3.8, 4) is 0 Å². The SMILES string of the molecule is Cc1nc(C(=O)NC2(c3ccccc3)CCOCC2)c2ccccn12. The molecule has 1 aliphatic heterocycles. The molecule has 0 unspecified atom stereocenters. The monoisotopic (exact) mass is 335 g/mol. The van der Waals surface area contributed by atoms with E-state index in [2.05, 4.69) is 22.4 Å². The molecule has 3 heterocycles. The van der Waals surface area contributed by atoms with Crippen molar-refractivity contribution in [2.24, 2.45) is 0 Å². The molecule has 0 atom stereocenters. The minimum absolute atomic E-state index is 0.137. The van der Waals surface area contributed by atoms with Gasteiger partial charge in [0.1, 0.15) is 5.82 Å². The lowest BCUT2D eigenvalue weighted by Gasteiger charge is -2.38. The van der Waals surface area contributed by atoms with E-state index in [9.17, 15) is 4.79 Å². The zero-order valence-electron chi connectivity index (χ0n) is 14.2. The number of ether oxygens (including phenoxy) is 1. The molecular weight excluding hydrogens is 314 g/mol. The van der Waals surface area contributed by atoms with Crippen molar-refractivity contribution in [1.82, 2.24) is 14.7 Å². The van der Waals surface area contributed by atoms with Crippen LogP contribution in [-0.2, 0) is 10.3 Å². The van der Waals surface area contributed by atoms with Crippen LogP contribution in [0.1, 0.15) is 34.7 Å². The molecule has 25 heavy (non-hydrogen) atoms. The van der Waals surface area contributed by atoms with E-state index in [-0.39, 0.29) is 5.91 Å². The number of amides is 1. The highest BCUT2D eigenvalue weighted by Crippen LogP contribution is 2.32. The minimum Gasteiger partial charge on any atom is -0.381 e. The third kappa shape index (κ3) is 2.81. The van der Waals surface area contributed by atoms with Gasteiger partial charge < -0.3 is 14.5 Å². The zero-order chi connectivity index (χ0) is 17.3. The molecule has 0 spiro atoms. The smallest absolute Gasteiger partial charge is 0.272 e. The van der Waals surface area contributed by atoms with E-state index in [1.165, 1.54) is 0 Å². The number of hydrogen-bond donors (Lipinski definition) is 1. The lowest BCUT2D eigenvalue weighted by Crippen LogP contribution is -2.49. The largest absolute Gasteiger partial charge is 0.381 e. The fourth-order valence-electron chi connectivity index (χ4n) is 3.60. The number of hydrogen-bond acceptors (Lipinski definition) is 3. The Labute approximate surface area is 146 Å². The number of fused-ring (bicyclic) bond motifs is 1. The van der Waals surface area contributed by atoms with Gasteiger partial charge in [-0.25, -0.2) is 4.98 Å².